The first-order valence-corrected chi connectivity index (χ1v) is 7.01. The van der Waals surface area contributed by atoms with E-state index in [1.54, 1.807) is 0 Å². The van der Waals surface area contributed by atoms with E-state index >= 15 is 0 Å². The van der Waals surface area contributed by atoms with Crippen LogP contribution in [0.2, 0.25) is 0 Å². The Morgan fingerprint density at radius 1 is 1.25 bits per heavy atom. The van der Waals surface area contributed by atoms with E-state index in [-0.39, 0.29) is 18.0 Å². The van der Waals surface area contributed by atoms with E-state index in [0.717, 1.165) is 25.0 Å². The van der Waals surface area contributed by atoms with E-state index < -0.39 is 6.04 Å². The van der Waals surface area contributed by atoms with Gasteiger partial charge in [0.05, 0.1) is 12.6 Å². The van der Waals surface area contributed by atoms with Crippen molar-refractivity contribution in [3.63, 3.8) is 0 Å². The Morgan fingerprint density at radius 2 is 2.05 bits per heavy atom. The van der Waals surface area contributed by atoms with Gasteiger partial charge in [0, 0.05) is 13.0 Å². The average molecular weight is 274 g/mol. The van der Waals surface area contributed by atoms with Gasteiger partial charge in [-0.3, -0.25) is 9.69 Å². The quantitative estimate of drug-likeness (QED) is 0.843. The molecular formula is C15H18N2O3. The molecule has 2 aliphatic heterocycles. The standard InChI is InChI=1S/C15H18N2O3/c18-14-13(9-11-5-2-1-3-6-11)16-15(19)17(14)10-12-7-4-8-20-12/h1-3,5-6,12-13H,4,7-10H2,(H,16,19)/t12-,13+/m0/s1. The number of nitrogens with zero attached hydrogens (tertiary/aromatic N) is 1. The van der Waals surface area contributed by atoms with Crippen LogP contribution in [0.5, 0.6) is 0 Å². The van der Waals surface area contributed by atoms with E-state index in [0.29, 0.717) is 13.0 Å². The van der Waals surface area contributed by atoms with Gasteiger partial charge < -0.3 is 10.1 Å². The summed E-state index contributed by atoms with van der Waals surface area (Å²) in [5, 5.41) is 2.76. The fraction of sp³-hybridized carbons (Fsp3) is 0.467. The van der Waals surface area contributed by atoms with E-state index in [4.69, 9.17) is 4.74 Å². The zero-order chi connectivity index (χ0) is 13.9. The number of hydrogen-bond donors (Lipinski definition) is 1. The summed E-state index contributed by atoms with van der Waals surface area (Å²) in [7, 11) is 0. The Hall–Kier alpha value is -1.88. The lowest BCUT2D eigenvalue weighted by atomic mass is 10.1. The van der Waals surface area contributed by atoms with Gasteiger partial charge in [-0.15, -0.1) is 0 Å². The van der Waals surface area contributed by atoms with Crippen molar-refractivity contribution < 1.29 is 14.3 Å². The third kappa shape index (κ3) is 2.67. The Balaban J connectivity index is 1.64. The van der Waals surface area contributed by atoms with Crippen LogP contribution in [0, 0.1) is 0 Å². The Morgan fingerprint density at radius 3 is 2.75 bits per heavy atom. The number of imide groups is 1. The van der Waals surface area contributed by atoms with Crippen LogP contribution < -0.4 is 5.32 Å². The summed E-state index contributed by atoms with van der Waals surface area (Å²) >= 11 is 0. The molecule has 0 bridgehead atoms. The molecule has 3 amide bonds. The summed E-state index contributed by atoms with van der Waals surface area (Å²) in [5.74, 6) is -0.144. The number of carbonyl (C=O) groups is 2. The molecule has 1 aromatic carbocycles. The molecule has 2 atom stereocenters. The van der Waals surface area contributed by atoms with Gasteiger partial charge >= 0.3 is 6.03 Å². The van der Waals surface area contributed by atoms with E-state index in [2.05, 4.69) is 5.32 Å². The first-order chi connectivity index (χ1) is 9.74. The Labute approximate surface area is 117 Å². The molecule has 106 valence electrons. The zero-order valence-electron chi connectivity index (χ0n) is 11.2. The second-order valence-corrected chi connectivity index (χ2v) is 5.28. The minimum atomic E-state index is -0.452. The summed E-state index contributed by atoms with van der Waals surface area (Å²) in [5.41, 5.74) is 1.05. The maximum atomic E-state index is 12.3. The number of nitrogens with one attached hydrogen (secondary N) is 1. The average Bonchev–Trinajstić information content (AvgIpc) is 3.05. The van der Waals surface area contributed by atoms with Gasteiger partial charge in [-0.25, -0.2) is 4.79 Å². The zero-order valence-corrected chi connectivity index (χ0v) is 11.2. The lowest BCUT2D eigenvalue weighted by molar-refractivity contribution is -0.128. The van der Waals surface area contributed by atoms with Gasteiger partial charge in [0.25, 0.3) is 5.91 Å². The molecule has 2 heterocycles. The lowest BCUT2D eigenvalue weighted by Crippen LogP contribution is -2.38. The molecule has 0 radical (unpaired) electrons. The highest BCUT2D eigenvalue weighted by Crippen LogP contribution is 2.17. The van der Waals surface area contributed by atoms with Crippen molar-refractivity contribution in [2.45, 2.75) is 31.4 Å². The number of hydrogen-bond acceptors (Lipinski definition) is 3. The van der Waals surface area contributed by atoms with Crippen LogP contribution in [-0.2, 0) is 16.0 Å². The topological polar surface area (TPSA) is 58.6 Å². The highest BCUT2D eigenvalue weighted by atomic mass is 16.5. The third-order valence-corrected chi connectivity index (χ3v) is 3.80. The molecule has 0 aromatic heterocycles. The molecule has 1 N–H and O–H groups in total. The fourth-order valence-corrected chi connectivity index (χ4v) is 2.73. The van der Waals surface area contributed by atoms with Crippen LogP contribution in [0.3, 0.4) is 0 Å². The summed E-state index contributed by atoms with van der Waals surface area (Å²) in [6.45, 7) is 1.09. The SMILES string of the molecule is O=C1N[C@H](Cc2ccccc2)C(=O)N1C[C@@H]1CCCO1. The van der Waals surface area contributed by atoms with Crippen LogP contribution in [0.25, 0.3) is 0 Å². The van der Waals surface area contributed by atoms with Crippen molar-refractivity contribution in [3.05, 3.63) is 35.9 Å². The maximum Gasteiger partial charge on any atom is 0.324 e. The normalized spacial score (nSPS) is 26.1. The van der Waals surface area contributed by atoms with E-state index in [1.165, 1.54) is 4.90 Å². The molecular weight excluding hydrogens is 256 g/mol. The Kier molecular flexibility index (Phi) is 3.69. The summed E-state index contributed by atoms with van der Waals surface area (Å²) in [4.78, 5) is 25.5. The third-order valence-electron chi connectivity index (χ3n) is 3.80. The van der Waals surface area contributed by atoms with Crippen molar-refractivity contribution in [2.75, 3.05) is 13.2 Å². The monoisotopic (exact) mass is 274 g/mol. The molecule has 5 nitrogen and oxygen atoms in total. The number of amides is 3. The smallest absolute Gasteiger partial charge is 0.324 e. The summed E-state index contributed by atoms with van der Waals surface area (Å²) in [6.07, 6.45) is 2.45. The number of carbonyl (C=O) groups excluding carboxylic acids is 2. The van der Waals surface area contributed by atoms with Gasteiger partial charge in [-0.1, -0.05) is 30.3 Å². The molecule has 20 heavy (non-hydrogen) atoms. The predicted octanol–water partition coefficient (Wildman–Crippen LogP) is 1.33. The highest BCUT2D eigenvalue weighted by Gasteiger charge is 2.39. The van der Waals surface area contributed by atoms with Gasteiger partial charge in [-0.05, 0) is 18.4 Å². The summed E-state index contributed by atoms with van der Waals surface area (Å²) in [6, 6.07) is 8.96. The molecule has 5 heteroatoms. The molecule has 2 fully saturated rings. The van der Waals surface area contributed by atoms with Crippen LogP contribution in [0.1, 0.15) is 18.4 Å². The van der Waals surface area contributed by atoms with Crippen LogP contribution in [0.15, 0.2) is 30.3 Å². The number of rotatable bonds is 4. The van der Waals surface area contributed by atoms with Crippen molar-refractivity contribution in [2.24, 2.45) is 0 Å². The molecule has 1 aromatic rings. The van der Waals surface area contributed by atoms with E-state index in [9.17, 15) is 9.59 Å². The minimum absolute atomic E-state index is 0.000162. The van der Waals surface area contributed by atoms with Crippen LogP contribution >= 0.6 is 0 Å². The maximum absolute atomic E-state index is 12.3. The molecule has 2 aliphatic rings. The predicted molar refractivity (Wildman–Crippen MR) is 73.2 cm³/mol. The molecule has 2 saturated heterocycles. The van der Waals surface area contributed by atoms with Crippen LogP contribution in [-0.4, -0.2) is 42.1 Å². The molecule has 0 saturated carbocycles. The number of urea groups is 1. The minimum Gasteiger partial charge on any atom is -0.376 e. The van der Waals surface area contributed by atoms with Crippen molar-refractivity contribution in [1.82, 2.24) is 10.2 Å². The second kappa shape index (κ2) is 5.63. The van der Waals surface area contributed by atoms with Crippen LogP contribution in [0.4, 0.5) is 4.79 Å². The number of benzene rings is 1. The largest absolute Gasteiger partial charge is 0.376 e. The van der Waals surface area contributed by atoms with Crippen molar-refractivity contribution in [3.8, 4) is 0 Å². The van der Waals surface area contributed by atoms with Gasteiger partial charge in [-0.2, -0.15) is 0 Å². The Bertz CT molecular complexity index is 497. The van der Waals surface area contributed by atoms with Gasteiger partial charge in [0.2, 0.25) is 0 Å². The molecule has 0 spiro atoms. The summed E-state index contributed by atoms with van der Waals surface area (Å²) < 4.78 is 5.49. The molecule has 3 rings (SSSR count). The molecule has 0 aliphatic carbocycles. The van der Waals surface area contributed by atoms with Crippen molar-refractivity contribution in [1.29, 1.82) is 0 Å². The van der Waals surface area contributed by atoms with E-state index in [1.807, 2.05) is 30.3 Å². The lowest BCUT2D eigenvalue weighted by Gasteiger charge is -2.17. The van der Waals surface area contributed by atoms with Crippen molar-refractivity contribution >= 4 is 11.9 Å². The highest BCUT2D eigenvalue weighted by molar-refractivity contribution is 6.04. The first kappa shape index (κ1) is 13.1. The van der Waals surface area contributed by atoms with Gasteiger partial charge in [0.1, 0.15) is 6.04 Å². The first-order valence-electron chi connectivity index (χ1n) is 7.01. The number of ether oxygens (including phenoxy) is 1. The van der Waals surface area contributed by atoms with Gasteiger partial charge in [0.15, 0.2) is 0 Å². The fourth-order valence-electron chi connectivity index (χ4n) is 2.73. The second-order valence-electron chi connectivity index (χ2n) is 5.28. The molecule has 0 unspecified atom stereocenters.